The van der Waals surface area contributed by atoms with Crippen LogP contribution in [0.1, 0.15) is 15.2 Å². The summed E-state index contributed by atoms with van der Waals surface area (Å²) >= 11 is 12.7. The molecular weight excluding hydrogens is 309 g/mol. The number of carbonyl (C=O) groups excluding carboxylic acids is 1. The molecular formula is C12H9Cl2NO3S. The molecule has 0 atom stereocenters. The zero-order valence-electron chi connectivity index (χ0n) is 9.85. The highest BCUT2D eigenvalue weighted by atomic mass is 35.5. The van der Waals surface area contributed by atoms with Gasteiger partial charge in [0.1, 0.15) is 6.61 Å². The van der Waals surface area contributed by atoms with E-state index in [1.807, 2.05) is 12.1 Å². The normalized spacial score (nSPS) is 10.3. The van der Waals surface area contributed by atoms with Crippen LogP contribution in [0.3, 0.4) is 0 Å². The van der Waals surface area contributed by atoms with E-state index in [2.05, 4.69) is 9.72 Å². The van der Waals surface area contributed by atoms with Crippen molar-refractivity contribution in [2.24, 2.45) is 0 Å². The van der Waals surface area contributed by atoms with Crippen molar-refractivity contribution >= 4 is 40.5 Å². The number of halogens is 2. The van der Waals surface area contributed by atoms with Gasteiger partial charge in [0.05, 0.1) is 7.11 Å². The van der Waals surface area contributed by atoms with Crippen molar-refractivity contribution in [1.29, 1.82) is 0 Å². The van der Waals surface area contributed by atoms with Gasteiger partial charge in [-0.3, -0.25) is 0 Å². The number of hydrogen-bond acceptors (Lipinski definition) is 5. The third-order valence-corrected chi connectivity index (χ3v) is 3.76. The number of methoxy groups -OCH3 is 1. The summed E-state index contributed by atoms with van der Waals surface area (Å²) in [5.74, 6) is -0.528. The first-order chi connectivity index (χ1) is 9.10. The minimum atomic E-state index is -0.528. The zero-order valence-corrected chi connectivity index (χ0v) is 12.2. The van der Waals surface area contributed by atoms with Crippen LogP contribution in [0.15, 0.2) is 24.3 Å². The van der Waals surface area contributed by atoms with Gasteiger partial charge in [-0.15, -0.1) is 0 Å². The van der Waals surface area contributed by atoms with Gasteiger partial charge in [-0.05, 0) is 17.7 Å². The molecule has 1 heterocycles. The molecule has 0 spiro atoms. The number of thiazole rings is 1. The molecule has 2 rings (SSSR count). The van der Waals surface area contributed by atoms with Crippen molar-refractivity contribution in [2.45, 2.75) is 6.61 Å². The van der Waals surface area contributed by atoms with E-state index < -0.39 is 5.97 Å². The molecule has 7 heteroatoms. The minimum Gasteiger partial charge on any atom is -0.465 e. The Labute approximate surface area is 123 Å². The molecule has 0 amide bonds. The van der Waals surface area contributed by atoms with Gasteiger partial charge in [-0.1, -0.05) is 46.7 Å². The summed E-state index contributed by atoms with van der Waals surface area (Å²) in [5.41, 5.74) is 0.901. The Morgan fingerprint density at radius 2 is 2.21 bits per heavy atom. The van der Waals surface area contributed by atoms with E-state index in [4.69, 9.17) is 27.9 Å². The van der Waals surface area contributed by atoms with E-state index in [1.54, 1.807) is 12.1 Å². The number of aromatic nitrogens is 1. The Kier molecular flexibility index (Phi) is 4.63. The molecule has 0 bridgehead atoms. The van der Waals surface area contributed by atoms with Crippen LogP contribution in [-0.4, -0.2) is 18.1 Å². The molecule has 1 aromatic heterocycles. The van der Waals surface area contributed by atoms with Crippen LogP contribution in [0.25, 0.3) is 0 Å². The Hall–Kier alpha value is -1.30. The Bertz CT molecular complexity index is 600. The van der Waals surface area contributed by atoms with E-state index >= 15 is 0 Å². The number of nitrogens with zero attached hydrogens (tertiary/aromatic N) is 1. The summed E-state index contributed by atoms with van der Waals surface area (Å²) in [6.45, 7) is 0.297. The number of esters is 1. The Balaban J connectivity index is 2.06. The minimum absolute atomic E-state index is 0.0814. The maximum absolute atomic E-state index is 11.4. The van der Waals surface area contributed by atoms with Crippen LogP contribution in [0.2, 0.25) is 10.2 Å². The molecule has 0 radical (unpaired) electrons. The van der Waals surface area contributed by atoms with Crippen molar-refractivity contribution in [2.75, 3.05) is 7.11 Å². The predicted octanol–water partition coefficient (Wildman–Crippen LogP) is 3.82. The Morgan fingerprint density at radius 3 is 2.89 bits per heavy atom. The summed E-state index contributed by atoms with van der Waals surface area (Å²) in [6, 6.07) is 7.27. The van der Waals surface area contributed by atoms with Gasteiger partial charge in [0.25, 0.3) is 5.19 Å². The van der Waals surface area contributed by atoms with Crippen molar-refractivity contribution in [3.8, 4) is 5.19 Å². The monoisotopic (exact) mass is 317 g/mol. The highest BCUT2D eigenvalue weighted by Gasteiger charge is 2.18. The maximum atomic E-state index is 11.4. The second-order valence-corrected chi connectivity index (χ2v) is 5.27. The number of benzene rings is 1. The molecule has 0 saturated carbocycles. The molecule has 2 aromatic rings. The van der Waals surface area contributed by atoms with Crippen LogP contribution in [0, 0.1) is 0 Å². The highest BCUT2D eigenvalue weighted by Crippen LogP contribution is 2.29. The number of ether oxygens (including phenoxy) is 2. The van der Waals surface area contributed by atoms with Gasteiger partial charge in [0.2, 0.25) is 0 Å². The second-order valence-electron chi connectivity index (χ2n) is 3.51. The van der Waals surface area contributed by atoms with E-state index in [1.165, 1.54) is 7.11 Å². The second kappa shape index (κ2) is 6.23. The van der Waals surface area contributed by atoms with Crippen LogP contribution in [0.4, 0.5) is 0 Å². The summed E-state index contributed by atoms with van der Waals surface area (Å²) in [5, 5.41) is 1.02. The quantitative estimate of drug-likeness (QED) is 0.804. The van der Waals surface area contributed by atoms with Crippen LogP contribution >= 0.6 is 34.5 Å². The third kappa shape index (κ3) is 3.59. The van der Waals surface area contributed by atoms with Gasteiger partial charge < -0.3 is 9.47 Å². The average Bonchev–Trinajstić information content (AvgIpc) is 2.77. The van der Waals surface area contributed by atoms with Crippen molar-refractivity contribution in [1.82, 2.24) is 4.98 Å². The molecule has 0 aliphatic rings. The predicted molar refractivity (Wildman–Crippen MR) is 74.2 cm³/mol. The van der Waals surface area contributed by atoms with Crippen molar-refractivity contribution in [3.05, 3.63) is 44.9 Å². The van der Waals surface area contributed by atoms with Crippen molar-refractivity contribution < 1.29 is 14.3 Å². The topological polar surface area (TPSA) is 48.4 Å². The lowest BCUT2D eigenvalue weighted by atomic mass is 10.2. The fourth-order valence-electron chi connectivity index (χ4n) is 1.34. The summed E-state index contributed by atoms with van der Waals surface area (Å²) in [4.78, 5) is 15.5. The lowest BCUT2D eigenvalue weighted by molar-refractivity contribution is 0.0606. The smallest absolute Gasteiger partial charge is 0.351 e. The van der Waals surface area contributed by atoms with E-state index in [-0.39, 0.29) is 10.0 Å². The van der Waals surface area contributed by atoms with Crippen molar-refractivity contribution in [3.63, 3.8) is 0 Å². The van der Waals surface area contributed by atoms with Crippen LogP contribution in [0.5, 0.6) is 5.19 Å². The number of rotatable bonds is 4. The zero-order chi connectivity index (χ0) is 13.8. The van der Waals surface area contributed by atoms with Gasteiger partial charge >= 0.3 is 5.97 Å². The third-order valence-electron chi connectivity index (χ3n) is 2.19. The SMILES string of the molecule is COC(=O)c1sc(OCc2cccc(Cl)c2)nc1Cl. The van der Waals surface area contributed by atoms with Gasteiger partial charge in [-0.25, -0.2) is 4.79 Å². The summed E-state index contributed by atoms with van der Waals surface area (Å²) in [7, 11) is 1.28. The number of hydrogen-bond donors (Lipinski definition) is 0. The van der Waals surface area contributed by atoms with Gasteiger partial charge in [0.15, 0.2) is 10.0 Å². The first-order valence-electron chi connectivity index (χ1n) is 5.22. The van der Waals surface area contributed by atoms with E-state index in [0.717, 1.165) is 16.9 Å². The maximum Gasteiger partial charge on any atom is 0.351 e. The molecule has 0 fully saturated rings. The van der Waals surface area contributed by atoms with Gasteiger partial charge in [0, 0.05) is 5.02 Å². The molecule has 0 aliphatic heterocycles. The van der Waals surface area contributed by atoms with E-state index in [9.17, 15) is 4.79 Å². The molecule has 0 N–H and O–H groups in total. The molecule has 19 heavy (non-hydrogen) atoms. The number of carbonyl (C=O) groups is 1. The highest BCUT2D eigenvalue weighted by molar-refractivity contribution is 7.15. The van der Waals surface area contributed by atoms with E-state index in [0.29, 0.717) is 16.8 Å². The summed E-state index contributed by atoms with van der Waals surface area (Å²) in [6.07, 6.45) is 0. The first kappa shape index (κ1) is 14.1. The van der Waals surface area contributed by atoms with Crippen LogP contribution in [-0.2, 0) is 11.3 Å². The fourth-order valence-corrected chi connectivity index (χ4v) is 2.59. The molecule has 0 unspecified atom stereocenters. The standard InChI is InChI=1S/C12H9Cl2NO3S/c1-17-11(16)9-10(14)15-12(19-9)18-6-7-3-2-4-8(13)5-7/h2-5H,6H2,1H3. The lowest BCUT2D eigenvalue weighted by Gasteiger charge is -2.02. The molecule has 1 aromatic carbocycles. The largest absolute Gasteiger partial charge is 0.465 e. The fraction of sp³-hybridized carbons (Fsp3) is 0.167. The Morgan fingerprint density at radius 1 is 1.42 bits per heavy atom. The molecule has 100 valence electrons. The molecule has 4 nitrogen and oxygen atoms in total. The first-order valence-corrected chi connectivity index (χ1v) is 6.79. The molecule has 0 saturated heterocycles. The van der Waals surface area contributed by atoms with Crippen LogP contribution < -0.4 is 4.74 Å². The molecule has 0 aliphatic carbocycles. The lowest BCUT2D eigenvalue weighted by Crippen LogP contribution is -1.98. The van der Waals surface area contributed by atoms with Gasteiger partial charge in [-0.2, -0.15) is 4.98 Å². The summed E-state index contributed by atoms with van der Waals surface area (Å²) < 4.78 is 10.0. The average molecular weight is 318 g/mol.